The monoisotopic (exact) mass is 347 g/mol. The molecule has 132 valence electrons. The van der Waals surface area contributed by atoms with Crippen LogP contribution in [0.5, 0.6) is 0 Å². The average molecular weight is 347 g/mol. The van der Waals surface area contributed by atoms with Crippen molar-refractivity contribution >= 4 is 11.6 Å². The smallest absolute Gasteiger partial charge is 0.254 e. The Morgan fingerprint density at radius 2 is 1.62 bits per heavy atom. The van der Waals surface area contributed by atoms with Gasteiger partial charge in [0.2, 0.25) is 5.91 Å². The summed E-state index contributed by atoms with van der Waals surface area (Å²) in [6, 6.07) is 15.1. The average Bonchev–Trinajstić information content (AvgIpc) is 2.56. The van der Waals surface area contributed by atoms with Crippen LogP contribution in [-0.4, -0.2) is 15.5 Å². The zero-order valence-electron chi connectivity index (χ0n) is 15.1. The van der Waals surface area contributed by atoms with Gasteiger partial charge in [0.05, 0.1) is 12.0 Å². The topological polar surface area (TPSA) is 64.0 Å². The van der Waals surface area contributed by atoms with Crippen molar-refractivity contribution in [3.8, 4) is 11.3 Å². The number of nitrogens with zero attached hydrogens (tertiary/aromatic N) is 2. The SMILES string of the molecule is Cc1ccc(-c2cc(=O)n(CC(=O)Nc3cc(C)cc(C)c3)cn2)cc1. The van der Waals surface area contributed by atoms with Crippen molar-refractivity contribution in [1.82, 2.24) is 9.55 Å². The first-order valence-electron chi connectivity index (χ1n) is 8.42. The number of nitrogens with one attached hydrogen (secondary N) is 1. The van der Waals surface area contributed by atoms with E-state index in [1.807, 2.05) is 63.2 Å². The summed E-state index contributed by atoms with van der Waals surface area (Å²) in [5, 5.41) is 2.83. The van der Waals surface area contributed by atoms with Gasteiger partial charge in [-0.3, -0.25) is 14.2 Å². The first kappa shape index (κ1) is 17.6. The Morgan fingerprint density at radius 3 is 2.23 bits per heavy atom. The van der Waals surface area contributed by atoms with Crippen molar-refractivity contribution in [2.24, 2.45) is 0 Å². The number of anilines is 1. The van der Waals surface area contributed by atoms with Crippen molar-refractivity contribution < 1.29 is 4.79 Å². The van der Waals surface area contributed by atoms with Gasteiger partial charge in [-0.2, -0.15) is 0 Å². The summed E-state index contributed by atoms with van der Waals surface area (Å²) in [6.07, 6.45) is 1.42. The van der Waals surface area contributed by atoms with E-state index in [1.54, 1.807) is 0 Å². The molecule has 0 saturated heterocycles. The summed E-state index contributed by atoms with van der Waals surface area (Å²) in [5.41, 5.74) is 5.23. The van der Waals surface area contributed by atoms with Crippen molar-refractivity contribution in [2.45, 2.75) is 27.3 Å². The van der Waals surface area contributed by atoms with Gasteiger partial charge in [0.25, 0.3) is 5.56 Å². The maximum Gasteiger partial charge on any atom is 0.254 e. The lowest BCUT2D eigenvalue weighted by atomic mass is 10.1. The highest BCUT2D eigenvalue weighted by atomic mass is 16.2. The number of rotatable bonds is 4. The standard InChI is InChI=1S/C21H21N3O2/c1-14-4-6-17(7-5-14)19-11-21(26)24(13-22-19)12-20(25)23-18-9-15(2)8-16(3)10-18/h4-11,13H,12H2,1-3H3,(H,23,25). The van der Waals surface area contributed by atoms with Crippen LogP contribution < -0.4 is 10.9 Å². The van der Waals surface area contributed by atoms with Gasteiger partial charge in [-0.1, -0.05) is 35.9 Å². The Labute approximate surface area is 152 Å². The van der Waals surface area contributed by atoms with E-state index >= 15 is 0 Å². The van der Waals surface area contributed by atoms with Crippen LogP contribution in [0.25, 0.3) is 11.3 Å². The number of carbonyl (C=O) groups is 1. The van der Waals surface area contributed by atoms with Crippen molar-refractivity contribution in [3.63, 3.8) is 0 Å². The van der Waals surface area contributed by atoms with Gasteiger partial charge < -0.3 is 5.32 Å². The number of benzene rings is 2. The first-order chi connectivity index (χ1) is 12.4. The maximum atomic E-state index is 12.3. The van der Waals surface area contributed by atoms with Crippen LogP contribution >= 0.6 is 0 Å². The lowest BCUT2D eigenvalue weighted by Gasteiger charge is -2.09. The third-order valence-electron chi connectivity index (χ3n) is 4.05. The molecule has 26 heavy (non-hydrogen) atoms. The van der Waals surface area contributed by atoms with Crippen LogP contribution in [0.15, 0.2) is 59.7 Å². The molecule has 0 saturated carbocycles. The molecule has 2 aromatic carbocycles. The molecule has 0 aliphatic heterocycles. The Kier molecular flexibility index (Phi) is 4.98. The van der Waals surface area contributed by atoms with Gasteiger partial charge in [0, 0.05) is 17.3 Å². The predicted octanol–water partition coefficient (Wildman–Crippen LogP) is 3.47. The number of carbonyl (C=O) groups excluding carboxylic acids is 1. The van der Waals surface area contributed by atoms with E-state index in [1.165, 1.54) is 17.0 Å². The second-order valence-electron chi connectivity index (χ2n) is 6.53. The predicted molar refractivity (Wildman–Crippen MR) is 103 cm³/mol. The molecular formula is C21H21N3O2. The summed E-state index contributed by atoms with van der Waals surface area (Å²) in [5.74, 6) is -0.262. The molecule has 5 nitrogen and oxygen atoms in total. The van der Waals surface area contributed by atoms with Gasteiger partial charge in [-0.25, -0.2) is 4.98 Å². The van der Waals surface area contributed by atoms with E-state index in [4.69, 9.17) is 0 Å². The second-order valence-corrected chi connectivity index (χ2v) is 6.53. The largest absolute Gasteiger partial charge is 0.325 e. The summed E-state index contributed by atoms with van der Waals surface area (Å²) in [4.78, 5) is 28.9. The van der Waals surface area contributed by atoms with Gasteiger partial charge in [0.15, 0.2) is 0 Å². The van der Waals surface area contributed by atoms with E-state index in [-0.39, 0.29) is 18.0 Å². The Hall–Kier alpha value is -3.21. The zero-order valence-corrected chi connectivity index (χ0v) is 15.1. The molecule has 0 radical (unpaired) electrons. The van der Waals surface area contributed by atoms with Crippen molar-refractivity contribution in [2.75, 3.05) is 5.32 Å². The zero-order chi connectivity index (χ0) is 18.7. The molecule has 0 aliphatic rings. The van der Waals surface area contributed by atoms with Crippen molar-refractivity contribution in [1.29, 1.82) is 0 Å². The summed E-state index contributed by atoms with van der Waals surface area (Å²) in [6.45, 7) is 5.87. The maximum absolute atomic E-state index is 12.3. The van der Waals surface area contributed by atoms with Crippen LogP contribution in [0.2, 0.25) is 0 Å². The molecule has 0 spiro atoms. The number of hydrogen-bond acceptors (Lipinski definition) is 3. The molecule has 1 amide bonds. The summed E-state index contributed by atoms with van der Waals surface area (Å²) >= 11 is 0. The number of hydrogen-bond donors (Lipinski definition) is 1. The Morgan fingerprint density at radius 1 is 0.962 bits per heavy atom. The van der Waals surface area contributed by atoms with Crippen LogP contribution in [-0.2, 0) is 11.3 Å². The Bertz CT molecular complexity index is 984. The van der Waals surface area contributed by atoms with Gasteiger partial charge in [0.1, 0.15) is 6.54 Å². The van der Waals surface area contributed by atoms with Crippen LogP contribution in [0, 0.1) is 20.8 Å². The summed E-state index contributed by atoms with van der Waals surface area (Å²) < 4.78 is 1.30. The third-order valence-corrected chi connectivity index (χ3v) is 4.05. The van der Waals surface area contributed by atoms with Crippen LogP contribution in [0.4, 0.5) is 5.69 Å². The highest BCUT2D eigenvalue weighted by Crippen LogP contribution is 2.16. The highest BCUT2D eigenvalue weighted by Gasteiger charge is 2.08. The molecule has 0 atom stereocenters. The fourth-order valence-electron chi connectivity index (χ4n) is 2.83. The fraction of sp³-hybridized carbons (Fsp3) is 0.190. The highest BCUT2D eigenvalue weighted by molar-refractivity contribution is 5.90. The summed E-state index contributed by atoms with van der Waals surface area (Å²) in [7, 11) is 0. The number of aromatic nitrogens is 2. The molecular weight excluding hydrogens is 326 g/mol. The lowest BCUT2D eigenvalue weighted by Crippen LogP contribution is -2.27. The third kappa shape index (κ3) is 4.25. The van der Waals surface area contributed by atoms with E-state index in [9.17, 15) is 9.59 Å². The van der Waals surface area contributed by atoms with Crippen molar-refractivity contribution in [3.05, 3.63) is 81.9 Å². The number of aryl methyl sites for hydroxylation is 3. The van der Waals surface area contributed by atoms with E-state index in [0.717, 1.165) is 27.9 Å². The molecule has 1 aromatic heterocycles. The van der Waals surface area contributed by atoms with E-state index < -0.39 is 0 Å². The van der Waals surface area contributed by atoms with E-state index in [2.05, 4.69) is 10.3 Å². The minimum atomic E-state index is -0.262. The molecule has 0 unspecified atom stereocenters. The molecule has 0 fully saturated rings. The first-order valence-corrected chi connectivity index (χ1v) is 8.42. The molecule has 0 bridgehead atoms. The number of amides is 1. The van der Waals surface area contributed by atoms with Gasteiger partial charge in [-0.15, -0.1) is 0 Å². The Balaban J connectivity index is 1.74. The van der Waals surface area contributed by atoms with Gasteiger partial charge >= 0.3 is 0 Å². The minimum Gasteiger partial charge on any atom is -0.325 e. The second kappa shape index (κ2) is 7.35. The molecule has 5 heteroatoms. The molecule has 3 aromatic rings. The molecule has 0 aliphatic carbocycles. The van der Waals surface area contributed by atoms with Gasteiger partial charge in [-0.05, 0) is 44.0 Å². The fourth-order valence-corrected chi connectivity index (χ4v) is 2.83. The lowest BCUT2D eigenvalue weighted by molar-refractivity contribution is -0.116. The molecule has 3 rings (SSSR count). The molecule has 1 heterocycles. The van der Waals surface area contributed by atoms with Crippen LogP contribution in [0.1, 0.15) is 16.7 Å². The van der Waals surface area contributed by atoms with E-state index in [0.29, 0.717) is 5.69 Å². The normalized spacial score (nSPS) is 10.6. The molecule has 1 N–H and O–H groups in total. The minimum absolute atomic E-state index is 0.0764. The quantitative estimate of drug-likeness (QED) is 0.786. The van der Waals surface area contributed by atoms with Crippen LogP contribution in [0.3, 0.4) is 0 Å².